The average Bonchev–Trinajstić information content (AvgIpc) is 2.64. The highest BCUT2D eigenvalue weighted by Gasteiger charge is 2.10. The zero-order valence-electron chi connectivity index (χ0n) is 14.2. The molecule has 0 aliphatic carbocycles. The minimum absolute atomic E-state index is 0.0200. The van der Waals surface area contributed by atoms with Gasteiger partial charge in [0, 0.05) is 0 Å². The van der Waals surface area contributed by atoms with Crippen molar-refractivity contribution in [3.05, 3.63) is 77.9 Å². The first-order valence-electron chi connectivity index (χ1n) is 8.48. The Morgan fingerprint density at radius 3 is 2.42 bits per heavy atom. The van der Waals surface area contributed by atoms with Crippen LogP contribution in [0.3, 0.4) is 0 Å². The van der Waals surface area contributed by atoms with E-state index < -0.39 is 0 Å². The van der Waals surface area contributed by atoms with E-state index in [0.717, 1.165) is 30.4 Å². The Hall–Kier alpha value is -2.55. The second-order valence-electron chi connectivity index (χ2n) is 5.72. The molecule has 0 unspecified atom stereocenters. The summed E-state index contributed by atoms with van der Waals surface area (Å²) in [6.45, 7) is 2.43. The van der Waals surface area contributed by atoms with Crippen molar-refractivity contribution in [3.8, 4) is 0 Å². The summed E-state index contributed by atoms with van der Waals surface area (Å²) in [6.07, 6.45) is 6.75. The first-order valence-corrected chi connectivity index (χ1v) is 8.48. The molecule has 2 rings (SSSR count). The van der Waals surface area contributed by atoms with Gasteiger partial charge in [0.05, 0.1) is 6.04 Å². The number of alkyl carbamates (subject to hydrolysis) is 1. The van der Waals surface area contributed by atoms with Crippen LogP contribution in [-0.2, 0) is 11.3 Å². The molecule has 0 saturated carbocycles. The lowest BCUT2D eigenvalue weighted by molar-refractivity contribution is 0.137. The van der Waals surface area contributed by atoms with Crippen LogP contribution >= 0.6 is 0 Å². The molecule has 0 bridgehead atoms. The number of amides is 1. The molecule has 0 aliphatic rings. The fourth-order valence-corrected chi connectivity index (χ4v) is 2.35. The maximum atomic E-state index is 12.0. The molecule has 1 atom stereocenters. The minimum atomic E-state index is -0.377. The van der Waals surface area contributed by atoms with Gasteiger partial charge in [-0.2, -0.15) is 0 Å². The lowest BCUT2D eigenvalue weighted by atomic mass is 10.1. The van der Waals surface area contributed by atoms with E-state index in [1.807, 2.05) is 72.8 Å². The number of nitrogens with one attached hydrogen (secondary N) is 1. The molecule has 3 heteroatoms. The number of hydrogen-bond donors (Lipinski definition) is 1. The molecule has 1 N–H and O–H groups in total. The number of benzene rings is 2. The summed E-state index contributed by atoms with van der Waals surface area (Å²) in [5.41, 5.74) is 2.11. The molecular formula is C21H25NO2. The van der Waals surface area contributed by atoms with Crippen LogP contribution in [0.25, 0.3) is 6.08 Å². The number of unbranched alkanes of at least 4 members (excludes halogenated alkanes) is 1. The molecule has 0 heterocycles. The largest absolute Gasteiger partial charge is 0.445 e. The maximum Gasteiger partial charge on any atom is 0.407 e. The van der Waals surface area contributed by atoms with Gasteiger partial charge in [-0.3, -0.25) is 0 Å². The third-order valence-corrected chi connectivity index (χ3v) is 3.71. The van der Waals surface area contributed by atoms with Gasteiger partial charge in [-0.15, -0.1) is 0 Å². The van der Waals surface area contributed by atoms with Gasteiger partial charge in [0.25, 0.3) is 0 Å². The van der Waals surface area contributed by atoms with E-state index >= 15 is 0 Å². The van der Waals surface area contributed by atoms with Crippen LogP contribution in [0.5, 0.6) is 0 Å². The molecular weight excluding hydrogens is 298 g/mol. The number of carbonyl (C=O) groups is 1. The van der Waals surface area contributed by atoms with Crippen LogP contribution in [0.2, 0.25) is 0 Å². The van der Waals surface area contributed by atoms with E-state index in [-0.39, 0.29) is 18.7 Å². The smallest absolute Gasteiger partial charge is 0.407 e. The Morgan fingerprint density at radius 1 is 1.08 bits per heavy atom. The summed E-state index contributed by atoms with van der Waals surface area (Å²) in [6, 6.07) is 19.8. The Balaban J connectivity index is 1.87. The SMILES string of the molecule is CCCC[C@H](/C=C/c1ccccc1)NC(=O)OCc1ccccc1. The lowest BCUT2D eigenvalue weighted by Gasteiger charge is -2.15. The van der Waals surface area contributed by atoms with Gasteiger partial charge >= 0.3 is 6.09 Å². The summed E-state index contributed by atoms with van der Waals surface area (Å²) >= 11 is 0. The van der Waals surface area contributed by atoms with Gasteiger partial charge in [-0.1, -0.05) is 92.6 Å². The molecule has 3 nitrogen and oxygen atoms in total. The molecule has 2 aromatic carbocycles. The maximum absolute atomic E-state index is 12.0. The number of hydrogen-bond acceptors (Lipinski definition) is 2. The first kappa shape index (κ1) is 17.8. The Labute approximate surface area is 144 Å². The zero-order valence-corrected chi connectivity index (χ0v) is 14.2. The van der Waals surface area contributed by atoms with E-state index in [9.17, 15) is 4.79 Å². The zero-order chi connectivity index (χ0) is 17.0. The van der Waals surface area contributed by atoms with Crippen LogP contribution in [0.1, 0.15) is 37.3 Å². The number of carbonyl (C=O) groups excluding carboxylic acids is 1. The summed E-state index contributed by atoms with van der Waals surface area (Å²) < 4.78 is 5.31. The van der Waals surface area contributed by atoms with Gasteiger partial charge in [0.15, 0.2) is 0 Å². The van der Waals surface area contributed by atoms with Crippen LogP contribution in [-0.4, -0.2) is 12.1 Å². The van der Waals surface area contributed by atoms with Crippen molar-refractivity contribution in [1.82, 2.24) is 5.32 Å². The van der Waals surface area contributed by atoms with Crippen LogP contribution < -0.4 is 5.32 Å². The van der Waals surface area contributed by atoms with Crippen molar-refractivity contribution in [2.45, 2.75) is 38.8 Å². The quantitative estimate of drug-likeness (QED) is 0.726. The molecule has 0 aliphatic heterocycles. The van der Waals surface area contributed by atoms with E-state index in [1.165, 1.54) is 0 Å². The number of rotatable bonds is 8. The highest BCUT2D eigenvalue weighted by molar-refractivity contribution is 5.68. The second kappa shape index (κ2) is 10.3. The van der Waals surface area contributed by atoms with Gasteiger partial charge in [0.1, 0.15) is 6.61 Å². The van der Waals surface area contributed by atoms with Crippen LogP contribution in [0.4, 0.5) is 4.79 Å². The van der Waals surface area contributed by atoms with Crippen LogP contribution in [0.15, 0.2) is 66.7 Å². The highest BCUT2D eigenvalue weighted by atomic mass is 16.5. The minimum Gasteiger partial charge on any atom is -0.445 e. The van der Waals surface area contributed by atoms with Crippen molar-refractivity contribution < 1.29 is 9.53 Å². The third kappa shape index (κ3) is 6.69. The Bertz CT molecular complexity index is 623. The fraction of sp³-hybridized carbons (Fsp3) is 0.286. The topological polar surface area (TPSA) is 38.3 Å². The van der Waals surface area contributed by atoms with Crippen molar-refractivity contribution in [3.63, 3.8) is 0 Å². The molecule has 0 spiro atoms. The summed E-state index contributed by atoms with van der Waals surface area (Å²) in [4.78, 5) is 12.0. The summed E-state index contributed by atoms with van der Waals surface area (Å²) in [7, 11) is 0. The average molecular weight is 323 g/mol. The normalized spacial score (nSPS) is 12.0. The van der Waals surface area contributed by atoms with E-state index in [1.54, 1.807) is 0 Å². The van der Waals surface area contributed by atoms with E-state index in [4.69, 9.17) is 4.74 Å². The Morgan fingerprint density at radius 2 is 1.75 bits per heavy atom. The van der Waals surface area contributed by atoms with Gasteiger partial charge < -0.3 is 10.1 Å². The van der Waals surface area contributed by atoms with Crippen LogP contribution in [0, 0.1) is 0 Å². The van der Waals surface area contributed by atoms with Crippen molar-refractivity contribution in [1.29, 1.82) is 0 Å². The molecule has 0 radical (unpaired) electrons. The van der Waals surface area contributed by atoms with Crippen molar-refractivity contribution >= 4 is 12.2 Å². The molecule has 1 amide bonds. The molecule has 0 saturated heterocycles. The molecule has 24 heavy (non-hydrogen) atoms. The lowest BCUT2D eigenvalue weighted by Crippen LogP contribution is -2.33. The first-order chi connectivity index (χ1) is 11.8. The second-order valence-corrected chi connectivity index (χ2v) is 5.72. The van der Waals surface area contributed by atoms with E-state index in [2.05, 4.69) is 12.2 Å². The monoisotopic (exact) mass is 323 g/mol. The summed E-state index contributed by atoms with van der Waals surface area (Å²) in [5.74, 6) is 0. The predicted molar refractivity (Wildman–Crippen MR) is 98.6 cm³/mol. The highest BCUT2D eigenvalue weighted by Crippen LogP contribution is 2.08. The number of ether oxygens (including phenoxy) is 1. The third-order valence-electron chi connectivity index (χ3n) is 3.71. The van der Waals surface area contributed by atoms with Crippen molar-refractivity contribution in [2.75, 3.05) is 0 Å². The standard InChI is InChI=1S/C21H25NO2/c1-2-3-14-20(16-15-18-10-6-4-7-11-18)22-21(23)24-17-19-12-8-5-9-13-19/h4-13,15-16,20H,2-3,14,17H2,1H3,(H,22,23)/b16-15+/t20-/m1/s1. The molecule has 2 aromatic rings. The van der Waals surface area contributed by atoms with Gasteiger partial charge in [0.2, 0.25) is 0 Å². The summed E-state index contributed by atoms with van der Waals surface area (Å²) in [5, 5.41) is 2.94. The van der Waals surface area contributed by atoms with Gasteiger partial charge in [-0.05, 0) is 17.5 Å². The predicted octanol–water partition coefficient (Wildman–Crippen LogP) is 5.19. The van der Waals surface area contributed by atoms with E-state index in [0.29, 0.717) is 0 Å². The van der Waals surface area contributed by atoms with Gasteiger partial charge in [-0.25, -0.2) is 4.79 Å². The molecule has 0 fully saturated rings. The molecule has 0 aromatic heterocycles. The van der Waals surface area contributed by atoms with Crippen molar-refractivity contribution in [2.24, 2.45) is 0 Å². The Kier molecular flexibility index (Phi) is 7.61. The fourth-order valence-electron chi connectivity index (χ4n) is 2.35. The molecule has 126 valence electrons.